The van der Waals surface area contributed by atoms with Crippen LogP contribution in [0.3, 0.4) is 0 Å². The van der Waals surface area contributed by atoms with Crippen molar-refractivity contribution in [3.8, 4) is 0 Å². The highest BCUT2D eigenvalue weighted by Gasteiger charge is 2.26. The first kappa shape index (κ1) is 18.7. The summed E-state index contributed by atoms with van der Waals surface area (Å²) >= 11 is 6.38. The van der Waals surface area contributed by atoms with E-state index in [1.807, 2.05) is 0 Å². The van der Waals surface area contributed by atoms with Crippen LogP contribution in [0, 0.1) is 6.92 Å². The third-order valence-electron chi connectivity index (χ3n) is 3.17. The molecule has 0 bridgehead atoms. The van der Waals surface area contributed by atoms with E-state index >= 15 is 0 Å². The number of carbonyl (C=O) groups excluding carboxylic acids is 2. The van der Waals surface area contributed by atoms with E-state index in [2.05, 4.69) is 20.6 Å². The van der Waals surface area contributed by atoms with E-state index in [0.717, 1.165) is 11.3 Å². The summed E-state index contributed by atoms with van der Waals surface area (Å²) in [5.74, 6) is -0.289. The molecule has 2 aromatic heterocycles. The number of carbonyl (C=O) groups is 2. The Morgan fingerprint density at radius 1 is 1.28 bits per heavy atom. The van der Waals surface area contributed by atoms with Gasteiger partial charge in [-0.15, -0.1) is 11.3 Å². The fraction of sp³-hybridized carbons (Fsp3) is 0.267. The van der Waals surface area contributed by atoms with Crippen LogP contribution in [0.25, 0.3) is 0 Å². The first-order valence-corrected chi connectivity index (χ1v) is 8.35. The zero-order chi connectivity index (χ0) is 18.6. The first-order valence-electron chi connectivity index (χ1n) is 7.12. The lowest BCUT2D eigenvalue weighted by Crippen LogP contribution is -2.21. The number of esters is 1. The quantitative estimate of drug-likeness (QED) is 0.616. The molecule has 2 aromatic rings. The van der Waals surface area contributed by atoms with E-state index < -0.39 is 5.97 Å². The molecule has 0 aromatic carbocycles. The highest BCUT2D eigenvalue weighted by molar-refractivity contribution is 7.80. The molecule has 2 rings (SSSR count). The fourth-order valence-corrected chi connectivity index (χ4v) is 3.46. The zero-order valence-corrected chi connectivity index (χ0v) is 15.7. The van der Waals surface area contributed by atoms with Crippen LogP contribution in [0.5, 0.6) is 0 Å². The van der Waals surface area contributed by atoms with Crippen LogP contribution in [0.1, 0.15) is 25.6 Å². The standard InChI is InChI=1S/C15H17N5O3S2/c1-8-10(14(22)23-4)12(25-11(8)13(21)20(2)3)19-15(24)18-9-7-16-5-6-17-9/h5-7H,1-4H3,(H2,17,18,19,24). The van der Waals surface area contributed by atoms with Gasteiger partial charge < -0.3 is 20.3 Å². The second-order valence-corrected chi connectivity index (χ2v) is 6.55. The highest BCUT2D eigenvalue weighted by atomic mass is 32.1. The Morgan fingerprint density at radius 2 is 2.00 bits per heavy atom. The van der Waals surface area contributed by atoms with Crippen molar-refractivity contribution in [3.05, 3.63) is 34.6 Å². The van der Waals surface area contributed by atoms with Gasteiger partial charge in [-0.3, -0.25) is 9.78 Å². The third-order valence-corrected chi connectivity index (χ3v) is 4.57. The summed E-state index contributed by atoms with van der Waals surface area (Å²) in [7, 11) is 4.58. The number of ether oxygens (including phenoxy) is 1. The van der Waals surface area contributed by atoms with E-state index in [0.29, 0.717) is 21.3 Å². The summed E-state index contributed by atoms with van der Waals surface area (Å²) in [6.45, 7) is 1.70. The van der Waals surface area contributed by atoms with Crippen LogP contribution in [0.2, 0.25) is 0 Å². The lowest BCUT2D eigenvalue weighted by Gasteiger charge is -2.09. The van der Waals surface area contributed by atoms with Crippen LogP contribution in [-0.4, -0.2) is 53.1 Å². The topological polar surface area (TPSA) is 96.5 Å². The molecule has 0 atom stereocenters. The molecule has 0 aliphatic rings. The minimum Gasteiger partial charge on any atom is -0.465 e. The number of rotatable bonds is 4. The number of aromatic nitrogens is 2. The fourth-order valence-electron chi connectivity index (χ4n) is 1.97. The molecule has 10 heteroatoms. The summed E-state index contributed by atoms with van der Waals surface area (Å²) < 4.78 is 4.83. The Morgan fingerprint density at radius 3 is 2.56 bits per heavy atom. The molecule has 0 spiro atoms. The molecule has 0 saturated carbocycles. The number of thiocarbonyl (C=S) groups is 1. The maximum Gasteiger partial charge on any atom is 0.341 e. The van der Waals surface area contributed by atoms with Crippen LogP contribution >= 0.6 is 23.6 Å². The van der Waals surface area contributed by atoms with Gasteiger partial charge in [0.05, 0.1) is 23.7 Å². The molecule has 2 N–H and O–H groups in total. The van der Waals surface area contributed by atoms with E-state index in [9.17, 15) is 9.59 Å². The Labute approximate surface area is 154 Å². The monoisotopic (exact) mass is 379 g/mol. The van der Waals surface area contributed by atoms with Crippen LogP contribution in [-0.2, 0) is 4.74 Å². The van der Waals surface area contributed by atoms with E-state index in [1.54, 1.807) is 27.2 Å². The second-order valence-electron chi connectivity index (χ2n) is 5.12. The van der Waals surface area contributed by atoms with Crippen molar-refractivity contribution >= 4 is 51.4 Å². The minimum atomic E-state index is -0.545. The van der Waals surface area contributed by atoms with E-state index in [1.165, 1.54) is 24.4 Å². The van der Waals surface area contributed by atoms with Gasteiger partial charge in [-0.2, -0.15) is 0 Å². The zero-order valence-electron chi connectivity index (χ0n) is 14.1. The van der Waals surface area contributed by atoms with Crippen molar-refractivity contribution in [2.45, 2.75) is 6.92 Å². The van der Waals surface area contributed by atoms with Crippen LogP contribution in [0.15, 0.2) is 18.6 Å². The highest BCUT2D eigenvalue weighted by Crippen LogP contribution is 2.34. The average molecular weight is 379 g/mol. The molecule has 8 nitrogen and oxygen atoms in total. The third kappa shape index (κ3) is 4.28. The number of anilines is 2. The van der Waals surface area contributed by atoms with Crippen LogP contribution in [0.4, 0.5) is 10.8 Å². The van der Waals surface area contributed by atoms with Gasteiger partial charge in [0.25, 0.3) is 5.91 Å². The van der Waals surface area contributed by atoms with E-state index in [-0.39, 0.29) is 16.6 Å². The molecule has 0 radical (unpaired) electrons. The Bertz CT molecular complexity index is 805. The number of methoxy groups -OCH3 is 1. The molecule has 0 aliphatic heterocycles. The number of hydrogen-bond donors (Lipinski definition) is 2. The molecule has 0 saturated heterocycles. The van der Waals surface area contributed by atoms with Crippen molar-refractivity contribution in [1.29, 1.82) is 0 Å². The predicted octanol–water partition coefficient (Wildman–Crippen LogP) is 2.14. The SMILES string of the molecule is COC(=O)c1c(NC(=S)Nc2cnccn2)sc(C(=O)N(C)C)c1C. The normalized spacial score (nSPS) is 10.1. The number of nitrogens with one attached hydrogen (secondary N) is 2. The Kier molecular flexibility index (Phi) is 5.99. The number of amides is 1. The molecule has 0 unspecified atom stereocenters. The van der Waals surface area contributed by atoms with Crippen molar-refractivity contribution < 1.29 is 14.3 Å². The van der Waals surface area contributed by atoms with Crippen molar-refractivity contribution in [2.75, 3.05) is 31.8 Å². The average Bonchev–Trinajstić information content (AvgIpc) is 2.90. The van der Waals surface area contributed by atoms with Gasteiger partial charge in [0.15, 0.2) is 10.9 Å². The van der Waals surface area contributed by atoms with Gasteiger partial charge in [-0.05, 0) is 24.7 Å². The van der Waals surface area contributed by atoms with Gasteiger partial charge >= 0.3 is 5.97 Å². The molecule has 25 heavy (non-hydrogen) atoms. The van der Waals surface area contributed by atoms with E-state index in [4.69, 9.17) is 17.0 Å². The molecule has 1 amide bonds. The van der Waals surface area contributed by atoms with Crippen molar-refractivity contribution in [3.63, 3.8) is 0 Å². The number of hydrogen-bond acceptors (Lipinski definition) is 7. The first-order chi connectivity index (χ1) is 11.8. The van der Waals surface area contributed by atoms with Gasteiger partial charge in [0.1, 0.15) is 5.00 Å². The molecule has 2 heterocycles. The lowest BCUT2D eigenvalue weighted by atomic mass is 10.1. The summed E-state index contributed by atoms with van der Waals surface area (Å²) in [6, 6.07) is 0. The Balaban J connectivity index is 2.32. The van der Waals surface area contributed by atoms with Gasteiger partial charge in [0.2, 0.25) is 0 Å². The molecular formula is C15H17N5O3S2. The number of thiophene rings is 1. The smallest absolute Gasteiger partial charge is 0.341 e. The maximum atomic E-state index is 12.3. The largest absolute Gasteiger partial charge is 0.465 e. The lowest BCUT2D eigenvalue weighted by molar-refractivity contribution is 0.0601. The minimum absolute atomic E-state index is 0.200. The molecule has 132 valence electrons. The van der Waals surface area contributed by atoms with Crippen molar-refractivity contribution in [1.82, 2.24) is 14.9 Å². The molecular weight excluding hydrogens is 362 g/mol. The molecule has 0 fully saturated rings. The van der Waals surface area contributed by atoms with Gasteiger partial charge in [-0.25, -0.2) is 9.78 Å². The van der Waals surface area contributed by atoms with Gasteiger partial charge in [0, 0.05) is 26.5 Å². The summed E-state index contributed by atoms with van der Waals surface area (Å²) in [4.78, 5) is 34.3. The second kappa shape index (κ2) is 7.99. The molecule has 0 aliphatic carbocycles. The summed E-state index contributed by atoms with van der Waals surface area (Å²) in [5.41, 5.74) is 0.821. The Hall–Kier alpha value is -2.59. The summed E-state index contributed by atoms with van der Waals surface area (Å²) in [5, 5.41) is 6.44. The van der Waals surface area contributed by atoms with Crippen LogP contribution < -0.4 is 10.6 Å². The predicted molar refractivity (Wildman–Crippen MR) is 100 cm³/mol. The van der Waals surface area contributed by atoms with Crippen molar-refractivity contribution in [2.24, 2.45) is 0 Å². The van der Waals surface area contributed by atoms with Gasteiger partial charge in [-0.1, -0.05) is 0 Å². The maximum absolute atomic E-state index is 12.3. The summed E-state index contributed by atoms with van der Waals surface area (Å²) in [6.07, 6.45) is 4.57. The number of nitrogens with zero attached hydrogens (tertiary/aromatic N) is 3.